The summed E-state index contributed by atoms with van der Waals surface area (Å²) >= 11 is 0. The first-order chi connectivity index (χ1) is 10.3. The van der Waals surface area contributed by atoms with Crippen molar-refractivity contribution in [1.29, 1.82) is 0 Å². The Kier molecular flexibility index (Phi) is 4.26. The molecular weight excluding hydrogens is 258 g/mol. The fraction of sp³-hybridized carbons (Fsp3) is 0.368. The minimum Gasteiger partial charge on any atom is -0.457 e. The predicted octanol–water partition coefficient (Wildman–Crippen LogP) is 4.77. The molecule has 0 spiro atoms. The van der Waals surface area contributed by atoms with Crippen LogP contribution < -0.4 is 10.5 Å². The molecule has 2 aromatic rings. The molecule has 2 heteroatoms. The molecule has 3 rings (SSSR count). The van der Waals surface area contributed by atoms with Gasteiger partial charge in [0.15, 0.2) is 0 Å². The van der Waals surface area contributed by atoms with Crippen LogP contribution in [0.5, 0.6) is 11.5 Å². The molecule has 0 amide bonds. The number of rotatable bonds is 4. The zero-order valence-corrected chi connectivity index (χ0v) is 12.6. The third kappa shape index (κ3) is 3.27. The third-order valence-electron chi connectivity index (χ3n) is 4.30. The standard InChI is InChI=1S/C19H23NO/c1-2-19(20)15-8-10-17(11-9-15)21-18-12-7-14-5-3-4-6-16(14)13-18/h7-13,19H,2-6,20H2,1H3/t19-/m1/s1. The lowest BCUT2D eigenvalue weighted by Crippen LogP contribution is -2.08. The number of aryl methyl sites for hydroxylation is 2. The van der Waals surface area contributed by atoms with Gasteiger partial charge in [-0.3, -0.25) is 0 Å². The molecule has 0 heterocycles. The van der Waals surface area contributed by atoms with Crippen molar-refractivity contribution in [1.82, 2.24) is 0 Å². The molecule has 2 N–H and O–H groups in total. The Morgan fingerprint density at radius 3 is 2.33 bits per heavy atom. The van der Waals surface area contributed by atoms with E-state index < -0.39 is 0 Å². The zero-order valence-electron chi connectivity index (χ0n) is 12.6. The van der Waals surface area contributed by atoms with Gasteiger partial charge in [-0.15, -0.1) is 0 Å². The van der Waals surface area contributed by atoms with Gasteiger partial charge in [-0.1, -0.05) is 25.1 Å². The van der Waals surface area contributed by atoms with Crippen molar-refractivity contribution in [2.24, 2.45) is 5.73 Å². The van der Waals surface area contributed by atoms with Crippen LogP contribution in [-0.4, -0.2) is 0 Å². The average molecular weight is 281 g/mol. The first-order valence-electron chi connectivity index (χ1n) is 7.91. The van der Waals surface area contributed by atoms with Crippen LogP contribution in [0, 0.1) is 0 Å². The van der Waals surface area contributed by atoms with E-state index in [1.807, 2.05) is 12.1 Å². The highest BCUT2D eigenvalue weighted by atomic mass is 16.5. The summed E-state index contributed by atoms with van der Waals surface area (Å²) in [5, 5.41) is 0. The lowest BCUT2D eigenvalue weighted by Gasteiger charge is -2.17. The van der Waals surface area contributed by atoms with Crippen molar-refractivity contribution in [3.8, 4) is 11.5 Å². The Hall–Kier alpha value is -1.80. The van der Waals surface area contributed by atoms with Gasteiger partial charge in [0.05, 0.1) is 0 Å². The van der Waals surface area contributed by atoms with Crippen molar-refractivity contribution in [3.63, 3.8) is 0 Å². The molecule has 1 atom stereocenters. The molecule has 2 aromatic carbocycles. The fourth-order valence-electron chi connectivity index (χ4n) is 2.93. The van der Waals surface area contributed by atoms with Crippen LogP contribution in [0.3, 0.4) is 0 Å². The van der Waals surface area contributed by atoms with E-state index in [4.69, 9.17) is 10.5 Å². The summed E-state index contributed by atoms with van der Waals surface area (Å²) in [6, 6.07) is 14.7. The van der Waals surface area contributed by atoms with E-state index in [-0.39, 0.29) is 6.04 Å². The van der Waals surface area contributed by atoms with E-state index in [1.165, 1.54) is 36.8 Å². The number of nitrogens with two attached hydrogens (primary N) is 1. The Labute approximate surface area is 126 Å². The molecular formula is C19H23NO. The number of benzene rings is 2. The molecule has 0 aromatic heterocycles. The molecule has 21 heavy (non-hydrogen) atoms. The van der Waals surface area contributed by atoms with E-state index in [0.29, 0.717) is 0 Å². The zero-order chi connectivity index (χ0) is 14.7. The predicted molar refractivity (Wildman–Crippen MR) is 86.8 cm³/mol. The molecule has 0 fully saturated rings. The molecule has 1 aliphatic carbocycles. The normalized spacial score (nSPS) is 15.3. The Morgan fingerprint density at radius 1 is 0.952 bits per heavy atom. The highest BCUT2D eigenvalue weighted by Crippen LogP contribution is 2.29. The van der Waals surface area contributed by atoms with Crippen molar-refractivity contribution >= 4 is 0 Å². The maximum Gasteiger partial charge on any atom is 0.127 e. The van der Waals surface area contributed by atoms with Crippen molar-refractivity contribution in [2.45, 2.75) is 45.1 Å². The molecule has 0 saturated carbocycles. The minimum absolute atomic E-state index is 0.114. The van der Waals surface area contributed by atoms with Crippen molar-refractivity contribution in [2.75, 3.05) is 0 Å². The summed E-state index contributed by atoms with van der Waals surface area (Å²) in [6.45, 7) is 2.10. The fourth-order valence-corrected chi connectivity index (χ4v) is 2.93. The quantitative estimate of drug-likeness (QED) is 0.876. The first kappa shape index (κ1) is 14.2. The van der Waals surface area contributed by atoms with Gasteiger partial charge >= 0.3 is 0 Å². The summed E-state index contributed by atoms with van der Waals surface area (Å²) in [7, 11) is 0. The number of ether oxygens (including phenoxy) is 1. The van der Waals surface area contributed by atoms with Gasteiger partial charge in [-0.05, 0) is 73.1 Å². The summed E-state index contributed by atoms with van der Waals surface area (Å²) in [5.41, 5.74) is 10.1. The summed E-state index contributed by atoms with van der Waals surface area (Å²) in [6.07, 6.45) is 5.94. The van der Waals surface area contributed by atoms with E-state index in [9.17, 15) is 0 Å². The van der Waals surface area contributed by atoms with Crippen LogP contribution in [-0.2, 0) is 12.8 Å². The third-order valence-corrected chi connectivity index (χ3v) is 4.30. The van der Waals surface area contributed by atoms with Gasteiger partial charge in [-0.2, -0.15) is 0 Å². The highest BCUT2D eigenvalue weighted by molar-refractivity contribution is 5.40. The molecule has 1 aliphatic rings. The van der Waals surface area contributed by atoms with E-state index in [1.54, 1.807) is 0 Å². The lowest BCUT2D eigenvalue weighted by atomic mass is 9.92. The largest absolute Gasteiger partial charge is 0.457 e. The molecule has 0 radical (unpaired) electrons. The van der Waals surface area contributed by atoms with Crippen LogP contribution >= 0.6 is 0 Å². The monoisotopic (exact) mass is 281 g/mol. The first-order valence-corrected chi connectivity index (χ1v) is 7.91. The summed E-state index contributed by atoms with van der Waals surface area (Å²) in [4.78, 5) is 0. The molecule has 2 nitrogen and oxygen atoms in total. The summed E-state index contributed by atoms with van der Waals surface area (Å²) in [5.74, 6) is 1.81. The van der Waals surface area contributed by atoms with E-state index in [0.717, 1.165) is 23.5 Å². The number of fused-ring (bicyclic) bond motifs is 1. The SMILES string of the molecule is CC[C@@H](N)c1ccc(Oc2ccc3c(c2)CCCC3)cc1. The summed E-state index contributed by atoms with van der Waals surface area (Å²) < 4.78 is 5.97. The Bertz CT molecular complexity index is 603. The van der Waals surface area contributed by atoms with Gasteiger partial charge in [0, 0.05) is 6.04 Å². The lowest BCUT2D eigenvalue weighted by molar-refractivity contribution is 0.480. The smallest absolute Gasteiger partial charge is 0.127 e. The topological polar surface area (TPSA) is 35.2 Å². The van der Waals surface area contributed by atoms with Crippen LogP contribution in [0.15, 0.2) is 42.5 Å². The second kappa shape index (κ2) is 6.31. The molecule has 110 valence electrons. The van der Waals surface area contributed by atoms with Crippen LogP contribution in [0.25, 0.3) is 0 Å². The Balaban J connectivity index is 1.74. The minimum atomic E-state index is 0.114. The van der Waals surface area contributed by atoms with Crippen LogP contribution in [0.4, 0.5) is 0 Å². The van der Waals surface area contributed by atoms with Gasteiger partial charge < -0.3 is 10.5 Å². The van der Waals surface area contributed by atoms with Gasteiger partial charge in [0.1, 0.15) is 11.5 Å². The van der Waals surface area contributed by atoms with Gasteiger partial charge in [0.25, 0.3) is 0 Å². The maximum absolute atomic E-state index is 6.03. The Morgan fingerprint density at radius 2 is 1.62 bits per heavy atom. The number of hydrogen-bond acceptors (Lipinski definition) is 2. The van der Waals surface area contributed by atoms with Crippen LogP contribution in [0.2, 0.25) is 0 Å². The molecule has 0 saturated heterocycles. The average Bonchev–Trinajstić information content (AvgIpc) is 2.55. The van der Waals surface area contributed by atoms with Crippen molar-refractivity contribution < 1.29 is 4.74 Å². The second-order valence-electron chi connectivity index (χ2n) is 5.82. The molecule has 0 unspecified atom stereocenters. The van der Waals surface area contributed by atoms with Crippen molar-refractivity contribution in [3.05, 3.63) is 59.2 Å². The molecule has 0 bridgehead atoms. The second-order valence-corrected chi connectivity index (χ2v) is 5.82. The number of hydrogen-bond donors (Lipinski definition) is 1. The highest BCUT2D eigenvalue weighted by Gasteiger charge is 2.10. The van der Waals surface area contributed by atoms with E-state index >= 15 is 0 Å². The van der Waals surface area contributed by atoms with Gasteiger partial charge in [0.2, 0.25) is 0 Å². The van der Waals surface area contributed by atoms with E-state index in [2.05, 4.69) is 37.3 Å². The van der Waals surface area contributed by atoms with Gasteiger partial charge in [-0.25, -0.2) is 0 Å². The molecule has 0 aliphatic heterocycles. The van der Waals surface area contributed by atoms with Crippen LogP contribution in [0.1, 0.15) is 48.9 Å². The maximum atomic E-state index is 6.03.